The smallest absolute Gasteiger partial charge is 0.292 e. The molecule has 4 rings (SSSR count). The largest absolute Gasteiger partial charge is 0.444 e. The van der Waals surface area contributed by atoms with Gasteiger partial charge in [-0.2, -0.15) is 5.10 Å². The normalized spacial score (nSPS) is 15.9. The van der Waals surface area contributed by atoms with Crippen molar-refractivity contribution in [2.24, 2.45) is 0 Å². The molecule has 134 valence electrons. The van der Waals surface area contributed by atoms with Crippen LogP contribution in [0.2, 0.25) is 0 Å². The van der Waals surface area contributed by atoms with Gasteiger partial charge >= 0.3 is 0 Å². The molecule has 0 saturated heterocycles. The first-order chi connectivity index (χ1) is 12.4. The van der Waals surface area contributed by atoms with Crippen molar-refractivity contribution in [3.63, 3.8) is 0 Å². The highest BCUT2D eigenvalue weighted by Crippen LogP contribution is 2.32. The fourth-order valence-corrected chi connectivity index (χ4v) is 4.65. The number of nitrogens with zero attached hydrogens (tertiary/aromatic N) is 2. The van der Waals surface area contributed by atoms with Crippen LogP contribution in [0.25, 0.3) is 5.69 Å². The standard InChI is InChI=1S/C18H16BrN3O3S/c1-10-3-4-14(11(2)7-10)22-17(12-8-26(24)9-13(12)21-22)20-18(23)15-5-6-16(19)25-15/h3-7H,8-9H2,1-2H3,(H,20,23)/t26-/m0/s1. The summed E-state index contributed by atoms with van der Waals surface area (Å²) in [5.41, 5.74) is 4.66. The highest BCUT2D eigenvalue weighted by atomic mass is 79.9. The van der Waals surface area contributed by atoms with E-state index in [1.807, 2.05) is 26.0 Å². The van der Waals surface area contributed by atoms with Gasteiger partial charge in [0.2, 0.25) is 0 Å². The van der Waals surface area contributed by atoms with Crippen molar-refractivity contribution < 1.29 is 13.4 Å². The maximum atomic E-state index is 12.6. The fraction of sp³-hybridized carbons (Fsp3) is 0.222. The molecule has 1 aromatic carbocycles. The van der Waals surface area contributed by atoms with E-state index >= 15 is 0 Å². The van der Waals surface area contributed by atoms with Crippen LogP contribution in [0.1, 0.15) is 32.9 Å². The lowest BCUT2D eigenvalue weighted by Gasteiger charge is -2.13. The Morgan fingerprint density at radius 2 is 2.08 bits per heavy atom. The molecule has 0 fully saturated rings. The van der Waals surface area contributed by atoms with Gasteiger partial charge in [0.15, 0.2) is 10.4 Å². The number of furan rings is 1. The van der Waals surface area contributed by atoms with Gasteiger partial charge < -0.3 is 9.73 Å². The van der Waals surface area contributed by atoms with Gasteiger partial charge in [-0.1, -0.05) is 17.7 Å². The summed E-state index contributed by atoms with van der Waals surface area (Å²) < 4.78 is 19.5. The number of hydrogen-bond donors (Lipinski definition) is 1. The maximum Gasteiger partial charge on any atom is 0.292 e. The van der Waals surface area contributed by atoms with E-state index in [1.54, 1.807) is 16.8 Å². The van der Waals surface area contributed by atoms with Crippen molar-refractivity contribution in [3.8, 4) is 5.69 Å². The van der Waals surface area contributed by atoms with Gasteiger partial charge in [-0.3, -0.25) is 9.00 Å². The predicted molar refractivity (Wildman–Crippen MR) is 103 cm³/mol. The van der Waals surface area contributed by atoms with Crippen LogP contribution in [0.3, 0.4) is 0 Å². The Morgan fingerprint density at radius 3 is 2.77 bits per heavy atom. The molecule has 1 N–H and O–H groups in total. The molecule has 0 saturated carbocycles. The Bertz CT molecular complexity index is 1050. The van der Waals surface area contributed by atoms with Gasteiger partial charge in [0.05, 0.1) is 22.9 Å². The molecular weight excluding hydrogens is 418 g/mol. The molecular formula is C18H16BrN3O3S. The lowest BCUT2D eigenvalue weighted by Crippen LogP contribution is -2.16. The van der Waals surface area contributed by atoms with Crippen LogP contribution >= 0.6 is 15.9 Å². The zero-order chi connectivity index (χ0) is 18.4. The first kappa shape index (κ1) is 17.2. The number of halogens is 1. The van der Waals surface area contributed by atoms with Gasteiger partial charge in [0, 0.05) is 16.4 Å². The minimum atomic E-state index is -0.985. The minimum absolute atomic E-state index is 0.193. The summed E-state index contributed by atoms with van der Waals surface area (Å²) in [7, 11) is -0.985. The highest BCUT2D eigenvalue weighted by Gasteiger charge is 2.29. The Kier molecular flexibility index (Phi) is 4.32. The minimum Gasteiger partial charge on any atom is -0.444 e. The number of aryl methyl sites for hydroxylation is 2. The lowest BCUT2D eigenvalue weighted by atomic mass is 10.1. The number of rotatable bonds is 3. The van der Waals surface area contributed by atoms with Gasteiger partial charge in [-0.25, -0.2) is 4.68 Å². The topological polar surface area (TPSA) is 77.1 Å². The Balaban J connectivity index is 1.79. The van der Waals surface area contributed by atoms with Crippen molar-refractivity contribution in [1.29, 1.82) is 0 Å². The number of fused-ring (bicyclic) bond motifs is 1. The monoisotopic (exact) mass is 433 g/mol. The molecule has 0 spiro atoms. The molecule has 6 nitrogen and oxygen atoms in total. The fourth-order valence-electron chi connectivity index (χ4n) is 3.08. The van der Waals surface area contributed by atoms with Crippen molar-refractivity contribution >= 4 is 38.5 Å². The van der Waals surface area contributed by atoms with Crippen LogP contribution in [0, 0.1) is 13.8 Å². The molecule has 0 unspecified atom stereocenters. The van der Waals surface area contributed by atoms with Crippen molar-refractivity contribution in [3.05, 3.63) is 63.1 Å². The predicted octanol–water partition coefficient (Wildman–Crippen LogP) is 3.86. The van der Waals surface area contributed by atoms with Crippen LogP contribution in [0.5, 0.6) is 0 Å². The molecule has 0 aliphatic carbocycles. The molecule has 1 aliphatic rings. The Hall–Kier alpha value is -2.19. The molecule has 3 aromatic rings. The summed E-state index contributed by atoms with van der Waals surface area (Å²) in [5, 5.41) is 7.52. The number of carbonyl (C=O) groups excluding carboxylic acids is 1. The SMILES string of the molecule is Cc1ccc(-n2nc3c(c2NC(=O)c2ccc(Br)o2)C[S@](=O)C3)c(C)c1. The van der Waals surface area contributed by atoms with Gasteiger partial charge in [0.25, 0.3) is 5.91 Å². The van der Waals surface area contributed by atoms with E-state index in [0.717, 1.165) is 28.1 Å². The van der Waals surface area contributed by atoms with Crippen LogP contribution in [0.4, 0.5) is 5.82 Å². The summed E-state index contributed by atoms with van der Waals surface area (Å²) in [5.74, 6) is 1.16. The van der Waals surface area contributed by atoms with Gasteiger partial charge in [-0.15, -0.1) is 0 Å². The number of benzene rings is 1. The average molecular weight is 434 g/mol. The third-order valence-electron chi connectivity index (χ3n) is 4.28. The van der Waals surface area contributed by atoms with Crippen molar-refractivity contribution in [2.45, 2.75) is 25.4 Å². The third kappa shape index (κ3) is 3.03. The Morgan fingerprint density at radius 1 is 1.27 bits per heavy atom. The van der Waals surface area contributed by atoms with E-state index in [9.17, 15) is 9.00 Å². The quantitative estimate of drug-likeness (QED) is 0.679. The molecule has 1 atom stereocenters. The van der Waals surface area contributed by atoms with E-state index in [-0.39, 0.29) is 11.7 Å². The zero-order valence-corrected chi connectivity index (χ0v) is 16.6. The maximum absolute atomic E-state index is 12.6. The molecule has 26 heavy (non-hydrogen) atoms. The van der Waals surface area contributed by atoms with Gasteiger partial charge in [0.1, 0.15) is 5.82 Å². The molecule has 2 aromatic heterocycles. The second-order valence-corrected chi connectivity index (χ2v) is 8.50. The average Bonchev–Trinajstić information content (AvgIpc) is 3.24. The number of nitrogens with one attached hydrogen (secondary N) is 1. The van der Waals surface area contributed by atoms with E-state index in [2.05, 4.69) is 32.4 Å². The van der Waals surface area contributed by atoms with Crippen LogP contribution in [-0.4, -0.2) is 19.9 Å². The van der Waals surface area contributed by atoms with E-state index < -0.39 is 10.8 Å². The van der Waals surface area contributed by atoms with Crippen molar-refractivity contribution in [2.75, 3.05) is 5.32 Å². The first-order valence-electron chi connectivity index (χ1n) is 8.02. The number of amides is 1. The van der Waals surface area contributed by atoms with Gasteiger partial charge in [-0.05, 0) is 53.5 Å². The zero-order valence-electron chi connectivity index (χ0n) is 14.2. The lowest BCUT2D eigenvalue weighted by molar-refractivity contribution is 0.0994. The van der Waals surface area contributed by atoms with Crippen LogP contribution in [0.15, 0.2) is 39.4 Å². The summed E-state index contributed by atoms with van der Waals surface area (Å²) in [4.78, 5) is 12.6. The molecule has 0 radical (unpaired) electrons. The first-order valence-corrected chi connectivity index (χ1v) is 10.3. The number of aromatic nitrogens is 2. The number of carbonyl (C=O) groups is 1. The van der Waals surface area contributed by atoms with Crippen LogP contribution < -0.4 is 5.32 Å². The third-order valence-corrected chi connectivity index (χ3v) is 5.91. The van der Waals surface area contributed by atoms with E-state index in [1.165, 1.54) is 0 Å². The second kappa shape index (κ2) is 6.51. The molecule has 1 aliphatic heterocycles. The summed E-state index contributed by atoms with van der Waals surface area (Å²) >= 11 is 3.20. The van der Waals surface area contributed by atoms with Crippen molar-refractivity contribution in [1.82, 2.24) is 9.78 Å². The van der Waals surface area contributed by atoms with Crippen LogP contribution in [-0.2, 0) is 22.3 Å². The Labute approximate surface area is 161 Å². The molecule has 3 heterocycles. The summed E-state index contributed by atoms with van der Waals surface area (Å²) in [6.07, 6.45) is 0. The molecule has 8 heteroatoms. The number of anilines is 1. The molecule has 1 amide bonds. The summed E-state index contributed by atoms with van der Waals surface area (Å²) in [6.45, 7) is 4.03. The second-order valence-electron chi connectivity index (χ2n) is 6.26. The highest BCUT2D eigenvalue weighted by molar-refractivity contribution is 9.10. The van der Waals surface area contributed by atoms with E-state index in [4.69, 9.17) is 4.42 Å². The number of hydrogen-bond acceptors (Lipinski definition) is 4. The molecule has 0 bridgehead atoms. The van der Waals surface area contributed by atoms with E-state index in [0.29, 0.717) is 22.0 Å². The summed E-state index contributed by atoms with van der Waals surface area (Å²) in [6, 6.07) is 9.30.